The minimum atomic E-state index is -3.74. The summed E-state index contributed by atoms with van der Waals surface area (Å²) < 4.78 is 38.4. The predicted molar refractivity (Wildman–Crippen MR) is 114 cm³/mol. The Morgan fingerprint density at radius 3 is 2.33 bits per heavy atom. The number of ether oxygens (including phenoxy) is 2. The number of hydrogen-bond acceptors (Lipinski definition) is 5. The highest BCUT2D eigenvalue weighted by Gasteiger charge is 2.30. The highest BCUT2D eigenvalue weighted by molar-refractivity contribution is 7.89. The number of piperidine rings is 1. The first-order valence-corrected chi connectivity index (χ1v) is 11.4. The molecule has 0 aromatic heterocycles. The Labute approximate surface area is 178 Å². The first-order valence-electron chi connectivity index (χ1n) is 10.0. The molecule has 2 aromatic carbocycles. The standard InChI is InChI=1S/C22H28N2O5S/c1-16(18-9-5-6-10-19(18)28-2)23-22(25)17-11-12-20(29-3)21(15-17)30(26,27)24-13-7-4-8-14-24/h5-6,9-12,15-16H,4,7-8,13-14H2,1-3H3,(H,23,25)/t16-/m0/s1. The number of rotatable bonds is 7. The van der Waals surface area contributed by atoms with Crippen LogP contribution in [0, 0.1) is 0 Å². The molecule has 3 rings (SSSR count). The molecule has 0 spiro atoms. The van der Waals surface area contributed by atoms with Gasteiger partial charge in [0.15, 0.2) is 0 Å². The van der Waals surface area contributed by atoms with Crippen molar-refractivity contribution in [2.24, 2.45) is 0 Å². The van der Waals surface area contributed by atoms with Crippen LogP contribution in [0.5, 0.6) is 11.5 Å². The van der Waals surface area contributed by atoms with E-state index in [-0.39, 0.29) is 28.2 Å². The van der Waals surface area contributed by atoms with Crippen molar-refractivity contribution in [3.8, 4) is 11.5 Å². The second kappa shape index (κ2) is 9.49. The Hall–Kier alpha value is -2.58. The van der Waals surface area contributed by atoms with E-state index >= 15 is 0 Å². The predicted octanol–water partition coefficient (Wildman–Crippen LogP) is 3.37. The Morgan fingerprint density at radius 2 is 1.67 bits per heavy atom. The van der Waals surface area contributed by atoms with Crippen molar-refractivity contribution in [1.82, 2.24) is 9.62 Å². The lowest BCUT2D eigenvalue weighted by Crippen LogP contribution is -2.36. The van der Waals surface area contributed by atoms with Gasteiger partial charge in [0.1, 0.15) is 16.4 Å². The van der Waals surface area contributed by atoms with Gasteiger partial charge in [0.2, 0.25) is 10.0 Å². The number of nitrogens with zero attached hydrogens (tertiary/aromatic N) is 1. The Bertz CT molecular complexity index is 1000. The Kier molecular flexibility index (Phi) is 6.99. The van der Waals surface area contributed by atoms with Gasteiger partial charge < -0.3 is 14.8 Å². The summed E-state index contributed by atoms with van der Waals surface area (Å²) in [6, 6.07) is 11.6. The Balaban J connectivity index is 1.87. The summed E-state index contributed by atoms with van der Waals surface area (Å²) in [6.07, 6.45) is 2.68. The van der Waals surface area contributed by atoms with E-state index in [1.807, 2.05) is 31.2 Å². The zero-order valence-corrected chi connectivity index (χ0v) is 18.4. The van der Waals surface area contributed by atoms with Crippen molar-refractivity contribution < 1.29 is 22.7 Å². The highest BCUT2D eigenvalue weighted by Crippen LogP contribution is 2.30. The van der Waals surface area contributed by atoms with E-state index < -0.39 is 10.0 Å². The van der Waals surface area contributed by atoms with Gasteiger partial charge >= 0.3 is 0 Å². The fourth-order valence-corrected chi connectivity index (χ4v) is 5.34. The topological polar surface area (TPSA) is 84.9 Å². The average Bonchev–Trinajstić information content (AvgIpc) is 2.79. The van der Waals surface area contributed by atoms with Crippen LogP contribution in [0.4, 0.5) is 0 Å². The molecule has 1 fully saturated rings. The van der Waals surface area contributed by atoms with E-state index in [1.54, 1.807) is 13.2 Å². The number of para-hydroxylation sites is 1. The summed E-state index contributed by atoms with van der Waals surface area (Å²) in [5.74, 6) is 0.537. The number of amides is 1. The van der Waals surface area contributed by atoms with Gasteiger partial charge in [0.25, 0.3) is 5.91 Å². The third kappa shape index (κ3) is 4.60. The van der Waals surface area contributed by atoms with Gasteiger partial charge in [-0.2, -0.15) is 4.31 Å². The summed E-state index contributed by atoms with van der Waals surface area (Å²) >= 11 is 0. The molecule has 162 valence electrons. The molecule has 0 radical (unpaired) electrons. The van der Waals surface area contributed by atoms with Gasteiger partial charge in [-0.05, 0) is 44.0 Å². The maximum absolute atomic E-state index is 13.2. The van der Waals surface area contributed by atoms with Crippen LogP contribution >= 0.6 is 0 Å². The summed E-state index contributed by atoms with van der Waals surface area (Å²) in [5.41, 5.74) is 1.09. The maximum Gasteiger partial charge on any atom is 0.251 e. The number of methoxy groups -OCH3 is 2. The van der Waals surface area contributed by atoms with Gasteiger partial charge in [-0.1, -0.05) is 24.6 Å². The van der Waals surface area contributed by atoms with Crippen LogP contribution in [0.15, 0.2) is 47.4 Å². The van der Waals surface area contributed by atoms with Crippen molar-refractivity contribution in [2.45, 2.75) is 37.1 Å². The molecule has 1 aliphatic heterocycles. The van der Waals surface area contributed by atoms with Crippen LogP contribution in [0.3, 0.4) is 0 Å². The largest absolute Gasteiger partial charge is 0.496 e. The SMILES string of the molecule is COc1ccccc1[C@H](C)NC(=O)c1ccc(OC)c(S(=O)(=O)N2CCCCC2)c1. The molecule has 1 saturated heterocycles. The van der Waals surface area contributed by atoms with Crippen LogP contribution in [-0.2, 0) is 10.0 Å². The van der Waals surface area contributed by atoms with E-state index in [2.05, 4.69) is 5.32 Å². The fraction of sp³-hybridized carbons (Fsp3) is 0.409. The van der Waals surface area contributed by atoms with Crippen molar-refractivity contribution in [2.75, 3.05) is 27.3 Å². The van der Waals surface area contributed by atoms with E-state index in [1.165, 1.54) is 23.5 Å². The van der Waals surface area contributed by atoms with Crippen molar-refractivity contribution in [3.63, 3.8) is 0 Å². The van der Waals surface area contributed by atoms with Gasteiger partial charge in [-0.3, -0.25) is 4.79 Å². The summed E-state index contributed by atoms with van der Waals surface area (Å²) in [6.45, 7) is 2.81. The van der Waals surface area contributed by atoms with Crippen LogP contribution in [0.1, 0.15) is 48.1 Å². The first kappa shape index (κ1) is 22.1. The second-order valence-corrected chi connectivity index (χ2v) is 9.17. The van der Waals surface area contributed by atoms with Crippen molar-refractivity contribution in [3.05, 3.63) is 53.6 Å². The molecule has 1 atom stereocenters. The minimum absolute atomic E-state index is 0.0181. The van der Waals surface area contributed by atoms with E-state index in [0.29, 0.717) is 18.8 Å². The van der Waals surface area contributed by atoms with Gasteiger partial charge in [0, 0.05) is 24.2 Å². The molecular weight excluding hydrogens is 404 g/mol. The third-order valence-electron chi connectivity index (χ3n) is 5.31. The molecule has 7 nitrogen and oxygen atoms in total. The van der Waals surface area contributed by atoms with E-state index in [0.717, 1.165) is 24.8 Å². The smallest absolute Gasteiger partial charge is 0.251 e. The number of benzene rings is 2. The first-order chi connectivity index (χ1) is 14.4. The lowest BCUT2D eigenvalue weighted by Gasteiger charge is -2.26. The van der Waals surface area contributed by atoms with Crippen molar-refractivity contribution in [1.29, 1.82) is 0 Å². The minimum Gasteiger partial charge on any atom is -0.496 e. The number of nitrogens with one attached hydrogen (secondary N) is 1. The molecule has 1 aliphatic rings. The Morgan fingerprint density at radius 1 is 1.00 bits per heavy atom. The quantitative estimate of drug-likeness (QED) is 0.725. The highest BCUT2D eigenvalue weighted by atomic mass is 32.2. The number of hydrogen-bond donors (Lipinski definition) is 1. The van der Waals surface area contributed by atoms with Crippen LogP contribution in [0.25, 0.3) is 0 Å². The molecule has 0 aliphatic carbocycles. The maximum atomic E-state index is 13.2. The molecule has 2 aromatic rings. The molecule has 1 heterocycles. The normalized spacial score (nSPS) is 16.0. The second-order valence-electron chi connectivity index (χ2n) is 7.27. The molecule has 1 N–H and O–H groups in total. The molecule has 8 heteroatoms. The lowest BCUT2D eigenvalue weighted by atomic mass is 10.1. The molecule has 0 unspecified atom stereocenters. The number of sulfonamides is 1. The number of carbonyl (C=O) groups excluding carboxylic acids is 1. The lowest BCUT2D eigenvalue weighted by molar-refractivity contribution is 0.0939. The summed E-state index contributed by atoms with van der Waals surface area (Å²) in [7, 11) is -0.741. The van der Waals surface area contributed by atoms with Crippen LogP contribution < -0.4 is 14.8 Å². The van der Waals surface area contributed by atoms with Crippen LogP contribution in [-0.4, -0.2) is 45.9 Å². The van der Waals surface area contributed by atoms with Crippen LogP contribution in [0.2, 0.25) is 0 Å². The van der Waals surface area contributed by atoms with Gasteiger partial charge in [-0.15, -0.1) is 0 Å². The van der Waals surface area contributed by atoms with Crippen molar-refractivity contribution >= 4 is 15.9 Å². The molecule has 1 amide bonds. The molecule has 30 heavy (non-hydrogen) atoms. The zero-order valence-electron chi connectivity index (χ0n) is 17.6. The fourth-order valence-electron chi connectivity index (χ4n) is 3.65. The number of carbonyl (C=O) groups is 1. The summed E-state index contributed by atoms with van der Waals surface area (Å²) in [5, 5.41) is 2.91. The molecule has 0 bridgehead atoms. The zero-order chi connectivity index (χ0) is 21.7. The van der Waals surface area contributed by atoms with Gasteiger partial charge in [-0.25, -0.2) is 8.42 Å². The molecular formula is C22H28N2O5S. The monoisotopic (exact) mass is 432 g/mol. The van der Waals surface area contributed by atoms with E-state index in [4.69, 9.17) is 9.47 Å². The van der Waals surface area contributed by atoms with E-state index in [9.17, 15) is 13.2 Å². The third-order valence-corrected chi connectivity index (χ3v) is 7.23. The summed E-state index contributed by atoms with van der Waals surface area (Å²) in [4.78, 5) is 12.9. The molecule has 0 saturated carbocycles. The average molecular weight is 433 g/mol. The van der Waals surface area contributed by atoms with Gasteiger partial charge in [0.05, 0.1) is 20.3 Å².